The molecule has 0 aliphatic heterocycles. The molecular weight excluding hydrogens is 341 g/mol. The van der Waals surface area contributed by atoms with Crippen LogP contribution in [0.4, 0.5) is 10.1 Å². The molecule has 128 valence electrons. The zero-order valence-electron chi connectivity index (χ0n) is 13.5. The third-order valence-electron chi connectivity index (χ3n) is 3.65. The monoisotopic (exact) mass is 357 g/mol. The SMILES string of the molecule is CCc1ccc(NC(=O)Cn2nc(-c3cccs3)ccc2=O)c(F)c1. The standard InChI is InChI=1S/C18H16FN3O2S/c1-2-12-5-6-14(13(19)10-12)20-17(23)11-22-18(24)8-7-15(21-22)16-4-3-9-25-16/h3-10H,2,11H2,1H3,(H,20,23). The maximum atomic E-state index is 14.0. The van der Waals surface area contributed by atoms with Crippen LogP contribution >= 0.6 is 11.3 Å². The van der Waals surface area contributed by atoms with Crippen LogP contribution in [0.15, 0.2) is 52.6 Å². The Balaban J connectivity index is 1.77. The summed E-state index contributed by atoms with van der Waals surface area (Å²) in [5.74, 6) is -1.01. The van der Waals surface area contributed by atoms with E-state index in [0.29, 0.717) is 12.1 Å². The van der Waals surface area contributed by atoms with Crippen molar-refractivity contribution in [3.63, 3.8) is 0 Å². The molecule has 0 spiro atoms. The van der Waals surface area contributed by atoms with Gasteiger partial charge < -0.3 is 5.32 Å². The molecule has 0 saturated carbocycles. The highest BCUT2D eigenvalue weighted by Crippen LogP contribution is 2.21. The molecule has 0 saturated heterocycles. The highest BCUT2D eigenvalue weighted by Gasteiger charge is 2.11. The van der Waals surface area contributed by atoms with Gasteiger partial charge in [-0.1, -0.05) is 19.1 Å². The molecule has 1 N–H and O–H groups in total. The number of aromatic nitrogens is 2. The van der Waals surface area contributed by atoms with Crippen LogP contribution in [0.25, 0.3) is 10.6 Å². The van der Waals surface area contributed by atoms with Gasteiger partial charge >= 0.3 is 0 Å². The topological polar surface area (TPSA) is 64.0 Å². The van der Waals surface area contributed by atoms with E-state index in [4.69, 9.17) is 0 Å². The molecule has 1 amide bonds. The van der Waals surface area contributed by atoms with E-state index >= 15 is 0 Å². The lowest BCUT2D eigenvalue weighted by atomic mass is 10.1. The van der Waals surface area contributed by atoms with E-state index in [1.807, 2.05) is 24.4 Å². The minimum absolute atomic E-state index is 0.0876. The van der Waals surface area contributed by atoms with Crippen LogP contribution in [-0.4, -0.2) is 15.7 Å². The van der Waals surface area contributed by atoms with Crippen LogP contribution in [0.5, 0.6) is 0 Å². The van der Waals surface area contributed by atoms with E-state index in [-0.39, 0.29) is 12.2 Å². The van der Waals surface area contributed by atoms with Crippen molar-refractivity contribution in [3.05, 3.63) is 69.6 Å². The van der Waals surface area contributed by atoms with Crippen LogP contribution in [-0.2, 0) is 17.8 Å². The smallest absolute Gasteiger partial charge is 0.267 e. The number of nitrogens with one attached hydrogen (secondary N) is 1. The number of hydrogen-bond acceptors (Lipinski definition) is 4. The molecule has 0 atom stereocenters. The Labute approximate surface area is 147 Å². The summed E-state index contributed by atoms with van der Waals surface area (Å²) in [5, 5.41) is 8.59. The Morgan fingerprint density at radius 2 is 2.12 bits per heavy atom. The van der Waals surface area contributed by atoms with Crippen molar-refractivity contribution < 1.29 is 9.18 Å². The molecule has 3 aromatic rings. The van der Waals surface area contributed by atoms with Gasteiger partial charge in [0.15, 0.2) is 0 Å². The van der Waals surface area contributed by atoms with Gasteiger partial charge in [-0.2, -0.15) is 5.10 Å². The average molecular weight is 357 g/mol. The first kappa shape index (κ1) is 17.0. The number of carbonyl (C=O) groups is 1. The maximum Gasteiger partial charge on any atom is 0.267 e. The first-order valence-electron chi connectivity index (χ1n) is 7.77. The quantitative estimate of drug-likeness (QED) is 0.762. The van der Waals surface area contributed by atoms with E-state index in [1.54, 1.807) is 12.1 Å². The summed E-state index contributed by atoms with van der Waals surface area (Å²) in [6.45, 7) is 1.64. The first-order chi connectivity index (χ1) is 12.1. The highest BCUT2D eigenvalue weighted by molar-refractivity contribution is 7.13. The van der Waals surface area contributed by atoms with Gasteiger partial charge in [0.05, 0.1) is 10.6 Å². The lowest BCUT2D eigenvalue weighted by molar-refractivity contribution is -0.117. The largest absolute Gasteiger partial charge is 0.322 e. The van der Waals surface area contributed by atoms with E-state index < -0.39 is 17.3 Å². The zero-order chi connectivity index (χ0) is 17.8. The number of thiophene rings is 1. The summed E-state index contributed by atoms with van der Waals surface area (Å²) in [6, 6.07) is 11.4. The third-order valence-corrected chi connectivity index (χ3v) is 4.54. The van der Waals surface area contributed by atoms with Gasteiger partial charge in [-0.25, -0.2) is 9.07 Å². The minimum atomic E-state index is -0.513. The van der Waals surface area contributed by atoms with Gasteiger partial charge in [0.1, 0.15) is 18.1 Å². The van der Waals surface area contributed by atoms with Crippen molar-refractivity contribution in [2.45, 2.75) is 19.9 Å². The molecule has 2 aromatic heterocycles. The normalized spacial score (nSPS) is 10.6. The van der Waals surface area contributed by atoms with Crippen LogP contribution in [0, 0.1) is 5.82 Å². The van der Waals surface area contributed by atoms with E-state index in [2.05, 4.69) is 10.4 Å². The number of carbonyl (C=O) groups excluding carboxylic acids is 1. The molecule has 2 heterocycles. The van der Waals surface area contributed by atoms with Crippen molar-refractivity contribution in [1.82, 2.24) is 9.78 Å². The second-order valence-electron chi connectivity index (χ2n) is 5.41. The van der Waals surface area contributed by atoms with Crippen molar-refractivity contribution in [1.29, 1.82) is 0 Å². The van der Waals surface area contributed by atoms with Gasteiger partial charge in [0.25, 0.3) is 5.56 Å². The fourth-order valence-electron chi connectivity index (χ4n) is 2.32. The Hall–Kier alpha value is -2.80. The van der Waals surface area contributed by atoms with Crippen LogP contribution in [0.2, 0.25) is 0 Å². The summed E-state index contributed by atoms with van der Waals surface area (Å²) in [7, 11) is 0. The molecule has 0 radical (unpaired) electrons. The molecule has 0 aliphatic rings. The Kier molecular flexibility index (Phi) is 5.04. The average Bonchev–Trinajstić information content (AvgIpc) is 3.13. The number of amides is 1. The zero-order valence-corrected chi connectivity index (χ0v) is 14.3. The number of hydrogen-bond donors (Lipinski definition) is 1. The number of aryl methyl sites for hydroxylation is 1. The van der Waals surface area contributed by atoms with Crippen molar-refractivity contribution >= 4 is 22.9 Å². The van der Waals surface area contributed by atoms with E-state index in [9.17, 15) is 14.0 Å². The van der Waals surface area contributed by atoms with E-state index in [1.165, 1.54) is 29.5 Å². The molecule has 1 aromatic carbocycles. The fraction of sp³-hybridized carbons (Fsp3) is 0.167. The Morgan fingerprint density at radius 3 is 2.80 bits per heavy atom. The van der Waals surface area contributed by atoms with Crippen molar-refractivity contribution in [2.24, 2.45) is 0 Å². The van der Waals surface area contributed by atoms with Gasteiger partial charge in [0.2, 0.25) is 5.91 Å². The molecule has 25 heavy (non-hydrogen) atoms. The number of nitrogens with zero attached hydrogens (tertiary/aromatic N) is 2. The number of halogens is 1. The first-order valence-corrected chi connectivity index (χ1v) is 8.65. The predicted octanol–water partition coefficient (Wildman–Crippen LogP) is 3.31. The second-order valence-corrected chi connectivity index (χ2v) is 6.36. The summed E-state index contributed by atoms with van der Waals surface area (Å²) in [6.07, 6.45) is 0.708. The molecule has 0 fully saturated rings. The van der Waals surface area contributed by atoms with Gasteiger partial charge in [-0.3, -0.25) is 9.59 Å². The fourth-order valence-corrected chi connectivity index (χ4v) is 3.01. The van der Waals surface area contributed by atoms with Gasteiger partial charge in [-0.15, -0.1) is 11.3 Å². The Bertz CT molecular complexity index is 951. The van der Waals surface area contributed by atoms with E-state index in [0.717, 1.165) is 15.1 Å². The molecule has 0 aliphatic carbocycles. The second kappa shape index (κ2) is 7.40. The molecule has 3 rings (SSSR count). The van der Waals surface area contributed by atoms with Crippen LogP contribution in [0.1, 0.15) is 12.5 Å². The third kappa shape index (κ3) is 4.00. The summed E-state index contributed by atoms with van der Waals surface area (Å²) in [5.41, 5.74) is 1.15. The molecule has 5 nitrogen and oxygen atoms in total. The lowest BCUT2D eigenvalue weighted by Gasteiger charge is -2.09. The number of benzene rings is 1. The number of rotatable bonds is 5. The Morgan fingerprint density at radius 1 is 1.28 bits per heavy atom. The number of anilines is 1. The van der Waals surface area contributed by atoms with Crippen molar-refractivity contribution in [2.75, 3.05) is 5.32 Å². The molecule has 0 bridgehead atoms. The summed E-state index contributed by atoms with van der Waals surface area (Å²) < 4.78 is 15.0. The van der Waals surface area contributed by atoms with Gasteiger partial charge in [0, 0.05) is 6.07 Å². The summed E-state index contributed by atoms with van der Waals surface area (Å²) in [4.78, 5) is 25.0. The molecule has 7 heteroatoms. The molecule has 0 unspecified atom stereocenters. The minimum Gasteiger partial charge on any atom is -0.322 e. The molecular formula is C18H16FN3O2S. The van der Waals surface area contributed by atoms with Crippen molar-refractivity contribution in [3.8, 4) is 10.6 Å². The van der Waals surface area contributed by atoms with Gasteiger partial charge in [-0.05, 0) is 41.6 Å². The summed E-state index contributed by atoms with van der Waals surface area (Å²) >= 11 is 1.49. The van der Waals surface area contributed by atoms with Crippen LogP contribution < -0.4 is 10.9 Å². The maximum absolute atomic E-state index is 14.0. The van der Waals surface area contributed by atoms with Crippen LogP contribution in [0.3, 0.4) is 0 Å². The lowest BCUT2D eigenvalue weighted by Crippen LogP contribution is -2.29. The predicted molar refractivity (Wildman–Crippen MR) is 96.2 cm³/mol. The highest BCUT2D eigenvalue weighted by atomic mass is 32.1.